The summed E-state index contributed by atoms with van der Waals surface area (Å²) >= 11 is 0. The maximum atomic E-state index is 13.4. The van der Waals surface area contributed by atoms with E-state index in [-0.39, 0.29) is 17.5 Å². The summed E-state index contributed by atoms with van der Waals surface area (Å²) in [5.41, 5.74) is 2.16. The first-order valence-corrected chi connectivity index (χ1v) is 12.1. The van der Waals surface area contributed by atoms with E-state index in [1.807, 2.05) is 38.1 Å². The standard InChI is InChI=1S/C25H26N2O5S/c1-18-7-6-8-21(15-18)27(33(29,30)22-9-4-3-5-10-22)17-25(28)26-19(2)20-11-12-23-24(16-20)32-14-13-31-23/h3-12,15-16,19H,13-14,17H2,1-2H3,(H,26,28). The van der Waals surface area contributed by atoms with Crippen molar-refractivity contribution in [1.29, 1.82) is 0 Å². The van der Waals surface area contributed by atoms with E-state index in [1.165, 1.54) is 12.1 Å². The Morgan fingerprint density at radius 3 is 2.42 bits per heavy atom. The molecular formula is C25H26N2O5S. The van der Waals surface area contributed by atoms with Crippen LogP contribution in [0.15, 0.2) is 77.7 Å². The summed E-state index contributed by atoms with van der Waals surface area (Å²) < 4.78 is 39.1. The van der Waals surface area contributed by atoms with Crippen LogP contribution in [-0.2, 0) is 14.8 Å². The smallest absolute Gasteiger partial charge is 0.264 e. The van der Waals surface area contributed by atoms with Crippen molar-refractivity contribution in [2.75, 3.05) is 24.1 Å². The van der Waals surface area contributed by atoms with Crippen LogP contribution in [0.4, 0.5) is 5.69 Å². The van der Waals surface area contributed by atoms with Crippen molar-refractivity contribution in [3.8, 4) is 11.5 Å². The lowest BCUT2D eigenvalue weighted by atomic mass is 10.1. The molecule has 8 heteroatoms. The molecule has 1 N–H and O–H groups in total. The van der Waals surface area contributed by atoms with E-state index in [1.54, 1.807) is 36.4 Å². The topological polar surface area (TPSA) is 84.9 Å². The Balaban J connectivity index is 1.56. The van der Waals surface area contributed by atoms with Crippen LogP contribution in [0.2, 0.25) is 0 Å². The zero-order valence-corrected chi connectivity index (χ0v) is 19.3. The van der Waals surface area contributed by atoms with Gasteiger partial charge in [-0.2, -0.15) is 0 Å². The molecule has 0 bridgehead atoms. The molecule has 7 nitrogen and oxygen atoms in total. The second-order valence-electron chi connectivity index (χ2n) is 7.86. The number of nitrogens with zero attached hydrogens (tertiary/aromatic N) is 1. The van der Waals surface area contributed by atoms with Crippen LogP contribution in [0, 0.1) is 6.92 Å². The van der Waals surface area contributed by atoms with Gasteiger partial charge in [0.2, 0.25) is 5.91 Å². The number of aryl methyl sites for hydroxylation is 1. The molecule has 0 aromatic heterocycles. The number of anilines is 1. The third kappa shape index (κ3) is 5.12. The second-order valence-corrected chi connectivity index (χ2v) is 9.72. The van der Waals surface area contributed by atoms with Crippen LogP contribution >= 0.6 is 0 Å². The number of hydrogen-bond donors (Lipinski definition) is 1. The molecular weight excluding hydrogens is 440 g/mol. The van der Waals surface area contributed by atoms with Crippen LogP contribution in [0.1, 0.15) is 24.1 Å². The summed E-state index contributed by atoms with van der Waals surface area (Å²) in [4.78, 5) is 13.1. The highest BCUT2D eigenvalue weighted by Crippen LogP contribution is 2.32. The molecule has 0 aliphatic carbocycles. The third-order valence-corrected chi connectivity index (χ3v) is 7.14. The van der Waals surface area contributed by atoms with Crippen molar-refractivity contribution >= 4 is 21.6 Å². The van der Waals surface area contributed by atoms with E-state index in [2.05, 4.69) is 5.32 Å². The summed E-state index contributed by atoms with van der Waals surface area (Å²) in [6.07, 6.45) is 0. The van der Waals surface area contributed by atoms with E-state index < -0.39 is 15.9 Å². The first-order valence-electron chi connectivity index (χ1n) is 10.7. The minimum absolute atomic E-state index is 0.124. The summed E-state index contributed by atoms with van der Waals surface area (Å²) in [6.45, 7) is 4.34. The van der Waals surface area contributed by atoms with Crippen molar-refractivity contribution < 1.29 is 22.7 Å². The minimum Gasteiger partial charge on any atom is -0.486 e. The molecule has 172 valence electrons. The van der Waals surface area contributed by atoms with Gasteiger partial charge >= 0.3 is 0 Å². The summed E-state index contributed by atoms with van der Waals surface area (Å²) in [5.74, 6) is 0.884. The predicted molar refractivity (Wildman–Crippen MR) is 126 cm³/mol. The molecule has 0 saturated heterocycles. The lowest BCUT2D eigenvalue weighted by molar-refractivity contribution is -0.120. The van der Waals surface area contributed by atoms with Crippen LogP contribution < -0.4 is 19.1 Å². The lowest BCUT2D eigenvalue weighted by Crippen LogP contribution is -2.41. The van der Waals surface area contributed by atoms with Gasteiger partial charge in [-0.25, -0.2) is 8.42 Å². The van der Waals surface area contributed by atoms with Crippen molar-refractivity contribution in [2.45, 2.75) is 24.8 Å². The Morgan fingerprint density at radius 2 is 1.70 bits per heavy atom. The molecule has 0 spiro atoms. The van der Waals surface area contributed by atoms with Gasteiger partial charge in [0.15, 0.2) is 11.5 Å². The quantitative estimate of drug-likeness (QED) is 0.572. The Kier molecular flexibility index (Phi) is 6.55. The predicted octanol–water partition coefficient (Wildman–Crippen LogP) is 3.84. The van der Waals surface area contributed by atoms with E-state index in [4.69, 9.17) is 9.47 Å². The van der Waals surface area contributed by atoms with Gasteiger partial charge < -0.3 is 14.8 Å². The zero-order valence-electron chi connectivity index (χ0n) is 18.5. The number of amides is 1. The van der Waals surface area contributed by atoms with Gasteiger partial charge in [-0.1, -0.05) is 36.4 Å². The first kappa shape index (κ1) is 22.7. The SMILES string of the molecule is Cc1cccc(N(CC(=O)NC(C)c2ccc3c(c2)OCCO3)S(=O)(=O)c2ccccc2)c1. The number of fused-ring (bicyclic) bond motifs is 1. The minimum atomic E-state index is -3.94. The monoisotopic (exact) mass is 466 g/mol. The normalized spacial score (nSPS) is 13.8. The number of carbonyl (C=O) groups excluding carboxylic acids is 1. The molecule has 1 aliphatic heterocycles. The van der Waals surface area contributed by atoms with E-state index in [0.29, 0.717) is 30.4 Å². The molecule has 4 rings (SSSR count). The highest BCUT2D eigenvalue weighted by atomic mass is 32.2. The second kappa shape index (κ2) is 9.54. The maximum absolute atomic E-state index is 13.4. The van der Waals surface area contributed by atoms with Crippen molar-refractivity contribution in [3.63, 3.8) is 0 Å². The number of carbonyl (C=O) groups is 1. The fourth-order valence-corrected chi connectivity index (χ4v) is 5.08. The number of benzene rings is 3. The van der Waals surface area contributed by atoms with E-state index >= 15 is 0 Å². The molecule has 3 aromatic carbocycles. The average molecular weight is 467 g/mol. The van der Waals surface area contributed by atoms with Gasteiger partial charge in [0.05, 0.1) is 16.6 Å². The van der Waals surface area contributed by atoms with Gasteiger partial charge in [-0.3, -0.25) is 9.10 Å². The molecule has 33 heavy (non-hydrogen) atoms. The molecule has 1 aliphatic rings. The molecule has 1 atom stereocenters. The fraction of sp³-hybridized carbons (Fsp3) is 0.240. The number of nitrogens with one attached hydrogen (secondary N) is 1. The molecule has 0 radical (unpaired) electrons. The highest BCUT2D eigenvalue weighted by Gasteiger charge is 2.28. The van der Waals surface area contributed by atoms with Crippen molar-refractivity contribution in [3.05, 3.63) is 83.9 Å². The van der Waals surface area contributed by atoms with Gasteiger partial charge in [0.1, 0.15) is 19.8 Å². The van der Waals surface area contributed by atoms with E-state index in [9.17, 15) is 13.2 Å². The Morgan fingerprint density at radius 1 is 0.970 bits per heavy atom. The number of ether oxygens (including phenoxy) is 2. The van der Waals surface area contributed by atoms with Gasteiger partial charge in [0, 0.05) is 0 Å². The number of hydrogen-bond acceptors (Lipinski definition) is 5. The van der Waals surface area contributed by atoms with Crippen molar-refractivity contribution in [2.24, 2.45) is 0 Å². The molecule has 0 saturated carbocycles. The van der Waals surface area contributed by atoms with E-state index in [0.717, 1.165) is 15.4 Å². The highest BCUT2D eigenvalue weighted by molar-refractivity contribution is 7.92. The summed E-state index contributed by atoms with van der Waals surface area (Å²) in [7, 11) is -3.94. The summed E-state index contributed by atoms with van der Waals surface area (Å²) in [5, 5.41) is 2.90. The van der Waals surface area contributed by atoms with Gasteiger partial charge in [-0.15, -0.1) is 0 Å². The van der Waals surface area contributed by atoms with Crippen LogP contribution in [0.5, 0.6) is 11.5 Å². The van der Waals surface area contributed by atoms with Crippen molar-refractivity contribution in [1.82, 2.24) is 5.32 Å². The largest absolute Gasteiger partial charge is 0.486 e. The molecule has 1 amide bonds. The van der Waals surface area contributed by atoms with Crippen LogP contribution in [-0.4, -0.2) is 34.1 Å². The average Bonchev–Trinajstić information content (AvgIpc) is 2.82. The fourth-order valence-electron chi connectivity index (χ4n) is 3.65. The Hall–Kier alpha value is -3.52. The summed E-state index contributed by atoms with van der Waals surface area (Å²) in [6, 6.07) is 20.3. The zero-order chi connectivity index (χ0) is 23.4. The molecule has 3 aromatic rings. The maximum Gasteiger partial charge on any atom is 0.264 e. The van der Waals surface area contributed by atoms with Gasteiger partial charge in [0.25, 0.3) is 10.0 Å². The number of sulfonamides is 1. The van der Waals surface area contributed by atoms with Crippen LogP contribution in [0.25, 0.3) is 0 Å². The molecule has 0 fully saturated rings. The molecule has 1 unspecified atom stereocenters. The third-order valence-electron chi connectivity index (χ3n) is 5.35. The lowest BCUT2D eigenvalue weighted by Gasteiger charge is -2.26. The Labute approximate surface area is 194 Å². The first-order chi connectivity index (χ1) is 15.8. The van der Waals surface area contributed by atoms with Crippen LogP contribution in [0.3, 0.4) is 0 Å². The van der Waals surface area contributed by atoms with Gasteiger partial charge in [-0.05, 0) is 61.4 Å². The Bertz CT molecular complexity index is 1240. The number of rotatable bonds is 7. The molecule has 1 heterocycles.